The first-order chi connectivity index (χ1) is 18.5. The van der Waals surface area contributed by atoms with Crippen molar-refractivity contribution in [1.29, 1.82) is 0 Å². The minimum Gasteiger partial charge on any atom is -0.480 e. The van der Waals surface area contributed by atoms with Gasteiger partial charge in [-0.25, -0.2) is 4.39 Å². The number of ketones is 1. The van der Waals surface area contributed by atoms with Crippen LogP contribution in [0.15, 0.2) is 36.5 Å². The number of rotatable bonds is 8. The Hall–Kier alpha value is -3.83. The lowest BCUT2D eigenvalue weighted by atomic mass is 10.0. The van der Waals surface area contributed by atoms with Crippen molar-refractivity contribution in [2.75, 3.05) is 41.4 Å². The first-order valence-corrected chi connectivity index (χ1v) is 12.7. The third-order valence-electron chi connectivity index (χ3n) is 7.03. The molecule has 11 heteroatoms. The van der Waals surface area contributed by atoms with Crippen LogP contribution in [0.4, 0.5) is 4.39 Å². The molecule has 208 valence electrons. The standard InChI is InChI=1S/C28H34FN5O5/c1-17-13-34(18(2)12-32(17)14-19-7-9-20(29)10-8-19)27(36)22-11-21-23(24(35)28(37)31(3)4)15-33(16-38-5)25(21)30-26(22)39-6/h7-11,15,17-18H,12-14,16H2,1-6H3/t17-,18+/m0/s1. The van der Waals surface area contributed by atoms with E-state index in [1.54, 1.807) is 27.7 Å². The molecule has 0 unspecified atom stereocenters. The van der Waals surface area contributed by atoms with E-state index in [2.05, 4.69) is 9.88 Å². The van der Waals surface area contributed by atoms with Gasteiger partial charge in [0.15, 0.2) is 0 Å². The normalized spacial score (nSPS) is 17.9. The molecule has 0 aliphatic carbocycles. The zero-order chi connectivity index (χ0) is 28.4. The molecule has 0 spiro atoms. The van der Waals surface area contributed by atoms with Crippen molar-refractivity contribution < 1.29 is 28.2 Å². The van der Waals surface area contributed by atoms with Crippen molar-refractivity contribution in [3.63, 3.8) is 0 Å². The Kier molecular flexibility index (Phi) is 8.31. The average Bonchev–Trinajstić information content (AvgIpc) is 3.27. The number of aromatic nitrogens is 2. The highest BCUT2D eigenvalue weighted by atomic mass is 19.1. The number of hydrogen-bond donors (Lipinski definition) is 0. The zero-order valence-corrected chi connectivity index (χ0v) is 23.1. The summed E-state index contributed by atoms with van der Waals surface area (Å²) < 4.78 is 25.7. The van der Waals surface area contributed by atoms with Crippen LogP contribution < -0.4 is 4.74 Å². The van der Waals surface area contributed by atoms with E-state index in [9.17, 15) is 18.8 Å². The van der Waals surface area contributed by atoms with E-state index in [0.717, 1.165) is 5.56 Å². The Labute approximate surface area is 226 Å². The third kappa shape index (κ3) is 5.64. The number of piperazine rings is 1. The summed E-state index contributed by atoms with van der Waals surface area (Å²) in [5.41, 5.74) is 1.70. The molecular formula is C28H34FN5O5. The van der Waals surface area contributed by atoms with Crippen molar-refractivity contribution in [3.8, 4) is 5.88 Å². The second-order valence-electron chi connectivity index (χ2n) is 10.1. The molecule has 2 atom stereocenters. The van der Waals surface area contributed by atoms with Gasteiger partial charge in [-0.15, -0.1) is 0 Å². The number of carbonyl (C=O) groups excluding carboxylic acids is 3. The Morgan fingerprint density at radius 3 is 2.36 bits per heavy atom. The summed E-state index contributed by atoms with van der Waals surface area (Å²) in [7, 11) is 5.95. The first-order valence-electron chi connectivity index (χ1n) is 12.7. The zero-order valence-electron chi connectivity index (χ0n) is 23.1. The fourth-order valence-electron chi connectivity index (χ4n) is 4.92. The van der Waals surface area contributed by atoms with Crippen LogP contribution in [0.2, 0.25) is 0 Å². The number of Topliss-reactive ketones (excluding diaryl/α,β-unsaturated/α-hetero) is 1. The summed E-state index contributed by atoms with van der Waals surface area (Å²) in [4.78, 5) is 49.2. The molecule has 1 aliphatic rings. The Morgan fingerprint density at radius 2 is 1.74 bits per heavy atom. The molecule has 2 aromatic heterocycles. The van der Waals surface area contributed by atoms with E-state index in [4.69, 9.17) is 9.47 Å². The molecule has 3 heterocycles. The highest BCUT2D eigenvalue weighted by molar-refractivity contribution is 6.44. The molecule has 4 rings (SSSR count). The van der Waals surface area contributed by atoms with Gasteiger partial charge in [-0.05, 0) is 37.6 Å². The number of fused-ring (bicyclic) bond motifs is 1. The maximum atomic E-state index is 13.9. The maximum absolute atomic E-state index is 13.9. The summed E-state index contributed by atoms with van der Waals surface area (Å²) in [6.45, 7) is 5.82. The third-order valence-corrected chi connectivity index (χ3v) is 7.03. The van der Waals surface area contributed by atoms with Crippen molar-refractivity contribution in [2.24, 2.45) is 0 Å². The van der Waals surface area contributed by atoms with Gasteiger partial charge in [-0.2, -0.15) is 4.98 Å². The molecule has 0 radical (unpaired) electrons. The van der Waals surface area contributed by atoms with Gasteiger partial charge in [0.25, 0.3) is 17.6 Å². The maximum Gasteiger partial charge on any atom is 0.294 e. The van der Waals surface area contributed by atoms with Gasteiger partial charge in [-0.1, -0.05) is 12.1 Å². The van der Waals surface area contributed by atoms with Crippen LogP contribution in [0, 0.1) is 5.82 Å². The quantitative estimate of drug-likeness (QED) is 0.321. The number of amides is 2. The second kappa shape index (κ2) is 11.5. The summed E-state index contributed by atoms with van der Waals surface area (Å²) in [6.07, 6.45) is 1.51. The van der Waals surface area contributed by atoms with E-state index in [1.807, 2.05) is 13.8 Å². The molecule has 0 bridgehead atoms. The fourth-order valence-corrected chi connectivity index (χ4v) is 4.92. The lowest BCUT2D eigenvalue weighted by Crippen LogP contribution is -2.57. The van der Waals surface area contributed by atoms with E-state index in [-0.39, 0.29) is 47.5 Å². The molecule has 1 aliphatic heterocycles. The summed E-state index contributed by atoms with van der Waals surface area (Å²) in [6, 6.07) is 7.91. The highest BCUT2D eigenvalue weighted by Gasteiger charge is 2.35. The molecule has 1 fully saturated rings. The van der Waals surface area contributed by atoms with E-state index < -0.39 is 11.7 Å². The number of pyridine rings is 1. The number of benzene rings is 1. The van der Waals surface area contributed by atoms with Crippen molar-refractivity contribution in [1.82, 2.24) is 24.3 Å². The van der Waals surface area contributed by atoms with Crippen molar-refractivity contribution >= 4 is 28.6 Å². The first kappa shape index (κ1) is 28.2. The lowest BCUT2D eigenvalue weighted by Gasteiger charge is -2.44. The fraction of sp³-hybridized carbons (Fsp3) is 0.429. The van der Waals surface area contributed by atoms with Crippen molar-refractivity contribution in [2.45, 2.75) is 39.2 Å². The number of ether oxygens (including phenoxy) is 2. The minimum absolute atomic E-state index is 0.0375. The number of nitrogens with zero attached hydrogens (tertiary/aromatic N) is 5. The summed E-state index contributed by atoms with van der Waals surface area (Å²) in [5.74, 6) is -1.83. The number of hydrogen-bond acceptors (Lipinski definition) is 7. The van der Waals surface area contributed by atoms with Gasteiger partial charge in [0, 0.05) is 64.5 Å². The molecule has 2 amide bonds. The van der Waals surface area contributed by atoms with Gasteiger partial charge in [0.1, 0.15) is 23.8 Å². The second-order valence-corrected chi connectivity index (χ2v) is 10.1. The SMILES string of the molecule is COCn1cc(C(=O)C(=O)N(C)C)c2cc(C(=O)N3C[C@H](C)N(Cc4ccc(F)cc4)C[C@H]3C)c(OC)nc21. The minimum atomic E-state index is -0.707. The van der Waals surface area contributed by atoms with Gasteiger partial charge in [0.05, 0.1) is 12.7 Å². The number of carbonyl (C=O) groups is 3. The molecule has 10 nitrogen and oxygen atoms in total. The summed E-state index contributed by atoms with van der Waals surface area (Å²) in [5, 5.41) is 0.368. The lowest BCUT2D eigenvalue weighted by molar-refractivity contribution is -0.124. The van der Waals surface area contributed by atoms with E-state index >= 15 is 0 Å². The van der Waals surface area contributed by atoms with Crippen LogP contribution in [-0.2, 0) is 22.8 Å². The van der Waals surface area contributed by atoms with Gasteiger partial charge in [-0.3, -0.25) is 19.3 Å². The van der Waals surface area contributed by atoms with Crippen LogP contribution in [0.25, 0.3) is 11.0 Å². The molecular weight excluding hydrogens is 505 g/mol. The van der Waals surface area contributed by atoms with Crippen LogP contribution in [0.5, 0.6) is 5.88 Å². The highest BCUT2D eigenvalue weighted by Crippen LogP contribution is 2.30. The predicted molar refractivity (Wildman–Crippen MR) is 143 cm³/mol. The van der Waals surface area contributed by atoms with Gasteiger partial charge < -0.3 is 23.8 Å². The largest absolute Gasteiger partial charge is 0.480 e. The smallest absolute Gasteiger partial charge is 0.294 e. The number of likely N-dealkylation sites (N-methyl/N-ethyl adjacent to an activating group) is 1. The monoisotopic (exact) mass is 539 g/mol. The van der Waals surface area contributed by atoms with Crippen molar-refractivity contribution in [3.05, 3.63) is 59.0 Å². The van der Waals surface area contributed by atoms with Gasteiger partial charge >= 0.3 is 0 Å². The average molecular weight is 540 g/mol. The Morgan fingerprint density at radius 1 is 1.05 bits per heavy atom. The molecule has 3 aromatic rings. The topological polar surface area (TPSA) is 97.2 Å². The molecule has 1 saturated heterocycles. The van der Waals surface area contributed by atoms with E-state index in [0.29, 0.717) is 30.7 Å². The van der Waals surface area contributed by atoms with Gasteiger partial charge in [0.2, 0.25) is 5.88 Å². The van der Waals surface area contributed by atoms with Crippen LogP contribution >= 0.6 is 0 Å². The molecule has 0 N–H and O–H groups in total. The number of methoxy groups -OCH3 is 2. The predicted octanol–water partition coefficient (Wildman–Crippen LogP) is 2.79. The van der Waals surface area contributed by atoms with Crippen LogP contribution in [0.3, 0.4) is 0 Å². The number of halogens is 1. The molecule has 39 heavy (non-hydrogen) atoms. The molecule has 1 aromatic carbocycles. The van der Waals surface area contributed by atoms with Crippen LogP contribution in [0.1, 0.15) is 40.1 Å². The summed E-state index contributed by atoms with van der Waals surface area (Å²) >= 11 is 0. The Balaban J connectivity index is 1.67. The molecule has 0 saturated carbocycles. The van der Waals surface area contributed by atoms with E-state index in [1.165, 1.54) is 51.5 Å². The van der Waals surface area contributed by atoms with Crippen LogP contribution in [-0.4, -0.2) is 95.3 Å². The Bertz CT molecular complexity index is 1390.